The Balaban J connectivity index is 2.88. The summed E-state index contributed by atoms with van der Waals surface area (Å²) >= 11 is 1.16. The molecule has 0 unspecified atom stereocenters. The zero-order valence-corrected chi connectivity index (χ0v) is 11.7. The number of hydrogen-bond acceptors (Lipinski definition) is 4. The lowest BCUT2D eigenvalue weighted by atomic mass is 10.2. The third-order valence-corrected chi connectivity index (χ3v) is 3.55. The molecule has 0 N–H and O–H groups in total. The van der Waals surface area contributed by atoms with Crippen LogP contribution in [0.3, 0.4) is 0 Å². The molecule has 0 aliphatic heterocycles. The number of rotatable bonds is 5. The lowest BCUT2D eigenvalue weighted by Gasteiger charge is -2.25. The lowest BCUT2D eigenvalue weighted by Crippen LogP contribution is -2.40. The molecule has 0 radical (unpaired) electrons. The van der Waals surface area contributed by atoms with Gasteiger partial charge in [-0.1, -0.05) is 25.2 Å². The number of hydrogen-bond donors (Lipinski definition) is 0. The second-order valence-electron chi connectivity index (χ2n) is 4.54. The largest absolute Gasteiger partial charge is 0.328 e. The lowest BCUT2D eigenvalue weighted by molar-refractivity contribution is 0.0475. The molecule has 1 heterocycles. The Hall–Kier alpha value is -1.11. The van der Waals surface area contributed by atoms with Crippen molar-refractivity contribution in [2.75, 3.05) is 6.54 Å². The fraction of sp³-hybridized carbons (Fsp3) is 0.727. The first kappa shape index (κ1) is 14.9. The van der Waals surface area contributed by atoms with Gasteiger partial charge >= 0.3 is 0 Å². The maximum absolute atomic E-state index is 12.4. The van der Waals surface area contributed by atoms with Gasteiger partial charge in [0.1, 0.15) is 5.01 Å². The minimum atomic E-state index is -2.55. The minimum absolute atomic E-state index is 0.173. The fourth-order valence-corrected chi connectivity index (χ4v) is 2.16. The number of aromatic nitrogens is 2. The maximum atomic E-state index is 12.4. The first-order valence-electron chi connectivity index (χ1n) is 5.75. The Bertz CT molecular complexity index is 407. The maximum Gasteiger partial charge on any atom is 0.285 e. The normalized spacial score (nSPS) is 11.6. The molecule has 102 valence electrons. The van der Waals surface area contributed by atoms with Crippen molar-refractivity contribution in [1.29, 1.82) is 0 Å². The van der Waals surface area contributed by atoms with E-state index < -0.39 is 18.9 Å². The molecule has 0 aliphatic rings. The van der Waals surface area contributed by atoms with E-state index in [9.17, 15) is 13.6 Å². The summed E-state index contributed by atoms with van der Waals surface area (Å²) in [6.45, 7) is 6.70. The zero-order valence-electron chi connectivity index (χ0n) is 10.9. The van der Waals surface area contributed by atoms with E-state index in [2.05, 4.69) is 10.2 Å². The fourth-order valence-electron chi connectivity index (χ4n) is 1.35. The number of carbonyl (C=O) groups excluding carboxylic acids is 1. The van der Waals surface area contributed by atoms with Crippen LogP contribution in [0.2, 0.25) is 0 Å². The van der Waals surface area contributed by atoms with Crippen molar-refractivity contribution >= 4 is 17.2 Å². The monoisotopic (exact) mass is 277 g/mol. The van der Waals surface area contributed by atoms with Crippen LogP contribution in [0.4, 0.5) is 8.78 Å². The van der Waals surface area contributed by atoms with E-state index in [0.29, 0.717) is 0 Å². The smallest absolute Gasteiger partial charge is 0.285 e. The van der Waals surface area contributed by atoms with E-state index in [0.717, 1.165) is 21.2 Å². The highest BCUT2D eigenvalue weighted by atomic mass is 32.1. The van der Waals surface area contributed by atoms with Crippen molar-refractivity contribution in [3.05, 3.63) is 10.0 Å². The first-order valence-corrected chi connectivity index (χ1v) is 6.57. The highest BCUT2D eigenvalue weighted by Gasteiger charge is 2.25. The van der Waals surface area contributed by atoms with Gasteiger partial charge in [-0.25, -0.2) is 8.78 Å². The van der Waals surface area contributed by atoms with Gasteiger partial charge in [-0.3, -0.25) is 4.79 Å². The number of alkyl halides is 2. The van der Waals surface area contributed by atoms with E-state index >= 15 is 0 Å². The van der Waals surface area contributed by atoms with Crippen molar-refractivity contribution in [2.24, 2.45) is 0 Å². The minimum Gasteiger partial charge on any atom is -0.328 e. The number of nitrogens with zero attached hydrogens (tertiary/aromatic N) is 3. The average molecular weight is 277 g/mol. The molecule has 0 saturated heterocycles. The summed E-state index contributed by atoms with van der Waals surface area (Å²) in [7, 11) is 0. The molecule has 1 rings (SSSR count). The molecule has 0 aliphatic carbocycles. The predicted octanol–water partition coefficient (Wildman–Crippen LogP) is 2.78. The van der Waals surface area contributed by atoms with Crippen LogP contribution in [0.15, 0.2) is 0 Å². The summed E-state index contributed by atoms with van der Waals surface area (Å²) < 4.78 is 24.9. The Morgan fingerprint density at radius 3 is 2.28 bits per heavy atom. The van der Waals surface area contributed by atoms with Gasteiger partial charge in [0.05, 0.1) is 6.54 Å². The highest BCUT2D eigenvalue weighted by molar-refractivity contribution is 7.13. The average Bonchev–Trinajstić information content (AvgIpc) is 2.73. The van der Waals surface area contributed by atoms with E-state index in [4.69, 9.17) is 0 Å². The third-order valence-electron chi connectivity index (χ3n) is 2.34. The van der Waals surface area contributed by atoms with Crippen molar-refractivity contribution in [1.82, 2.24) is 15.1 Å². The van der Waals surface area contributed by atoms with E-state index in [1.54, 1.807) is 13.8 Å². The second-order valence-corrected chi connectivity index (χ2v) is 5.55. The van der Waals surface area contributed by atoms with Gasteiger partial charge in [-0.05, 0) is 13.8 Å². The van der Waals surface area contributed by atoms with Crippen molar-refractivity contribution in [3.63, 3.8) is 0 Å². The van der Waals surface area contributed by atoms with Gasteiger partial charge in [0.25, 0.3) is 12.3 Å². The topological polar surface area (TPSA) is 46.1 Å². The van der Waals surface area contributed by atoms with Crippen LogP contribution in [0.1, 0.15) is 48.4 Å². The van der Waals surface area contributed by atoms with Crippen LogP contribution in [0.25, 0.3) is 0 Å². The second kappa shape index (κ2) is 6.17. The molecular formula is C11H17F2N3OS. The van der Waals surface area contributed by atoms with E-state index in [1.807, 2.05) is 13.8 Å². The van der Waals surface area contributed by atoms with Gasteiger partial charge in [0, 0.05) is 12.0 Å². The highest BCUT2D eigenvalue weighted by Crippen LogP contribution is 2.21. The quantitative estimate of drug-likeness (QED) is 0.831. The molecule has 0 atom stereocenters. The Morgan fingerprint density at radius 1 is 1.28 bits per heavy atom. The molecule has 0 spiro atoms. The molecule has 1 amide bonds. The Kier molecular flexibility index (Phi) is 5.13. The number of halogens is 2. The van der Waals surface area contributed by atoms with Gasteiger partial charge in [0.15, 0.2) is 0 Å². The predicted molar refractivity (Wildman–Crippen MR) is 66.2 cm³/mol. The van der Waals surface area contributed by atoms with Crippen LogP contribution in [0.5, 0.6) is 0 Å². The van der Waals surface area contributed by atoms with Crippen molar-refractivity contribution < 1.29 is 13.6 Å². The van der Waals surface area contributed by atoms with Crippen molar-refractivity contribution in [2.45, 2.75) is 46.1 Å². The summed E-state index contributed by atoms with van der Waals surface area (Å²) in [6, 6.07) is -0.294. The molecule has 18 heavy (non-hydrogen) atoms. The summed E-state index contributed by atoms with van der Waals surface area (Å²) in [5.74, 6) is -0.304. The Labute approximate surface area is 109 Å². The molecule has 1 aromatic heterocycles. The molecular weight excluding hydrogens is 260 g/mol. The van der Waals surface area contributed by atoms with Gasteiger partial charge in [-0.2, -0.15) is 0 Å². The summed E-state index contributed by atoms with van der Waals surface area (Å²) in [4.78, 5) is 13.2. The zero-order chi connectivity index (χ0) is 13.9. The van der Waals surface area contributed by atoms with Crippen molar-refractivity contribution in [3.8, 4) is 0 Å². The Morgan fingerprint density at radius 2 is 1.89 bits per heavy atom. The van der Waals surface area contributed by atoms with Gasteiger partial charge in [0.2, 0.25) is 5.01 Å². The molecule has 4 nitrogen and oxygen atoms in total. The number of carbonyl (C=O) groups is 1. The molecule has 0 bridgehead atoms. The van der Waals surface area contributed by atoms with Gasteiger partial charge in [-0.15, -0.1) is 10.2 Å². The summed E-state index contributed by atoms with van der Waals surface area (Å²) in [5, 5.41) is 8.58. The molecule has 0 aromatic carbocycles. The number of amides is 1. The molecule has 1 aromatic rings. The summed E-state index contributed by atoms with van der Waals surface area (Å²) in [6.07, 6.45) is -2.55. The molecule has 7 heteroatoms. The molecule has 0 fully saturated rings. The SMILES string of the molecule is CC(C)c1nnc(C(=O)N(CC(F)F)C(C)C)s1. The van der Waals surface area contributed by atoms with E-state index in [-0.39, 0.29) is 17.0 Å². The van der Waals surface area contributed by atoms with Crippen LogP contribution < -0.4 is 0 Å². The third kappa shape index (κ3) is 3.69. The van der Waals surface area contributed by atoms with Crippen LogP contribution >= 0.6 is 11.3 Å². The molecule has 0 saturated carbocycles. The van der Waals surface area contributed by atoms with Crippen LogP contribution in [0, 0.1) is 0 Å². The van der Waals surface area contributed by atoms with Crippen LogP contribution in [-0.2, 0) is 0 Å². The first-order chi connectivity index (χ1) is 8.32. The van der Waals surface area contributed by atoms with Crippen LogP contribution in [-0.4, -0.2) is 40.0 Å². The van der Waals surface area contributed by atoms with Gasteiger partial charge < -0.3 is 4.90 Å². The summed E-state index contributed by atoms with van der Waals surface area (Å²) in [5.41, 5.74) is 0. The standard InChI is InChI=1S/C11H17F2N3OS/c1-6(2)9-14-15-10(18-9)11(17)16(7(3)4)5-8(12)13/h6-8H,5H2,1-4H3. The van der Waals surface area contributed by atoms with E-state index in [1.165, 1.54) is 0 Å².